The number of nitrogens with one attached hydrogen (secondary N) is 1. The molecular weight excluding hydrogens is 372 g/mol. The minimum atomic E-state index is -0.551. The van der Waals surface area contributed by atoms with Crippen molar-refractivity contribution in [3.63, 3.8) is 0 Å². The molecule has 1 aromatic carbocycles. The van der Waals surface area contributed by atoms with Crippen LogP contribution in [0.1, 0.15) is 39.1 Å². The Morgan fingerprint density at radius 2 is 1.79 bits per heavy atom. The number of benzene rings is 1. The average molecular weight is 392 g/mol. The number of pyridine rings is 1. The second-order valence-corrected chi connectivity index (χ2v) is 6.97. The maximum Gasteiger partial charge on any atom is 0.257 e. The van der Waals surface area contributed by atoms with E-state index in [0.717, 1.165) is 0 Å². The predicted molar refractivity (Wildman–Crippen MR) is 103 cm³/mol. The van der Waals surface area contributed by atoms with Crippen LogP contribution in [0.15, 0.2) is 42.7 Å². The average Bonchev–Trinajstić information content (AvgIpc) is 3.22. The first-order chi connectivity index (χ1) is 14.1. The van der Waals surface area contributed by atoms with Gasteiger partial charge in [0.1, 0.15) is 6.07 Å². The summed E-state index contributed by atoms with van der Waals surface area (Å²) < 4.78 is 11.4. The van der Waals surface area contributed by atoms with Crippen LogP contribution in [0, 0.1) is 11.3 Å². The van der Waals surface area contributed by atoms with E-state index in [0.29, 0.717) is 56.0 Å². The molecule has 8 nitrogen and oxygen atoms in total. The van der Waals surface area contributed by atoms with Gasteiger partial charge in [-0.2, -0.15) is 5.26 Å². The third-order valence-corrected chi connectivity index (χ3v) is 5.17. The molecule has 0 atom stereocenters. The van der Waals surface area contributed by atoms with E-state index in [1.807, 2.05) is 6.07 Å². The standard InChI is InChI=1S/C21H20N4O4/c22-12-15-3-1-2-4-18(15)24-19(26)16-11-17(14-23-13-16)20(27)25-7-5-21(6-8-25)28-9-10-29-21/h1-4,11,13-14H,5-10H2,(H,24,26). The first-order valence-electron chi connectivity index (χ1n) is 9.43. The molecule has 0 aliphatic carbocycles. The summed E-state index contributed by atoms with van der Waals surface area (Å²) in [5.41, 5.74) is 1.37. The molecule has 4 rings (SSSR count). The van der Waals surface area contributed by atoms with E-state index in [-0.39, 0.29) is 11.5 Å². The monoisotopic (exact) mass is 392 g/mol. The molecule has 0 bridgehead atoms. The van der Waals surface area contributed by atoms with Crippen LogP contribution >= 0.6 is 0 Å². The van der Waals surface area contributed by atoms with Gasteiger partial charge in [-0.15, -0.1) is 0 Å². The Morgan fingerprint density at radius 1 is 1.10 bits per heavy atom. The molecule has 3 heterocycles. The normalized spacial score (nSPS) is 17.7. The number of aromatic nitrogens is 1. The van der Waals surface area contributed by atoms with Crippen molar-refractivity contribution in [2.24, 2.45) is 0 Å². The lowest BCUT2D eigenvalue weighted by Crippen LogP contribution is -2.47. The van der Waals surface area contributed by atoms with Crippen LogP contribution < -0.4 is 5.32 Å². The van der Waals surface area contributed by atoms with Crippen LogP contribution in [0.4, 0.5) is 5.69 Å². The van der Waals surface area contributed by atoms with Crippen LogP contribution in [0.2, 0.25) is 0 Å². The number of nitriles is 1. The molecule has 2 aromatic rings. The fourth-order valence-electron chi connectivity index (χ4n) is 3.58. The number of nitrogens with zero attached hydrogens (tertiary/aromatic N) is 3. The Bertz CT molecular complexity index is 969. The van der Waals surface area contributed by atoms with Crippen molar-refractivity contribution in [2.45, 2.75) is 18.6 Å². The van der Waals surface area contributed by atoms with E-state index in [9.17, 15) is 9.59 Å². The zero-order valence-electron chi connectivity index (χ0n) is 15.8. The molecule has 2 fully saturated rings. The number of anilines is 1. The van der Waals surface area contributed by atoms with E-state index in [1.165, 1.54) is 18.5 Å². The number of rotatable bonds is 3. The molecule has 1 spiro atoms. The number of carbonyl (C=O) groups excluding carboxylic acids is 2. The quantitative estimate of drug-likeness (QED) is 0.859. The van der Waals surface area contributed by atoms with Gasteiger partial charge in [0.05, 0.1) is 35.6 Å². The van der Waals surface area contributed by atoms with Crippen molar-refractivity contribution in [2.75, 3.05) is 31.6 Å². The van der Waals surface area contributed by atoms with Crippen molar-refractivity contribution in [1.29, 1.82) is 5.26 Å². The highest BCUT2D eigenvalue weighted by Crippen LogP contribution is 2.31. The number of ether oxygens (including phenoxy) is 2. The molecule has 2 saturated heterocycles. The Morgan fingerprint density at radius 3 is 2.52 bits per heavy atom. The first-order valence-corrected chi connectivity index (χ1v) is 9.43. The van der Waals surface area contributed by atoms with E-state index in [1.54, 1.807) is 29.2 Å². The minimum absolute atomic E-state index is 0.183. The number of piperidine rings is 1. The lowest BCUT2D eigenvalue weighted by molar-refractivity contribution is -0.181. The fourth-order valence-corrected chi connectivity index (χ4v) is 3.58. The highest BCUT2D eigenvalue weighted by molar-refractivity contribution is 6.06. The summed E-state index contributed by atoms with van der Waals surface area (Å²) in [7, 11) is 0. The highest BCUT2D eigenvalue weighted by atomic mass is 16.7. The summed E-state index contributed by atoms with van der Waals surface area (Å²) >= 11 is 0. The zero-order chi connectivity index (χ0) is 20.3. The molecule has 2 aliphatic rings. The maximum atomic E-state index is 12.9. The summed E-state index contributed by atoms with van der Waals surface area (Å²) in [5, 5.41) is 11.9. The van der Waals surface area contributed by atoms with Crippen LogP contribution in [-0.2, 0) is 9.47 Å². The van der Waals surface area contributed by atoms with Gasteiger partial charge in [0.2, 0.25) is 0 Å². The van der Waals surface area contributed by atoms with Gasteiger partial charge in [-0.3, -0.25) is 14.6 Å². The van der Waals surface area contributed by atoms with Crippen LogP contribution in [0.3, 0.4) is 0 Å². The first kappa shape index (κ1) is 19.1. The van der Waals surface area contributed by atoms with Gasteiger partial charge >= 0.3 is 0 Å². The summed E-state index contributed by atoms with van der Waals surface area (Å²) in [6.07, 6.45) is 4.09. The smallest absolute Gasteiger partial charge is 0.257 e. The molecule has 1 N–H and O–H groups in total. The highest BCUT2D eigenvalue weighted by Gasteiger charge is 2.40. The van der Waals surface area contributed by atoms with Gasteiger partial charge in [0.25, 0.3) is 11.8 Å². The van der Waals surface area contributed by atoms with Gasteiger partial charge in [0.15, 0.2) is 5.79 Å². The SMILES string of the molecule is N#Cc1ccccc1NC(=O)c1cncc(C(=O)N2CCC3(CC2)OCCO3)c1. The van der Waals surface area contributed by atoms with Crippen molar-refractivity contribution >= 4 is 17.5 Å². The lowest BCUT2D eigenvalue weighted by Gasteiger charge is -2.37. The van der Waals surface area contributed by atoms with E-state index in [4.69, 9.17) is 14.7 Å². The molecule has 8 heteroatoms. The number of amides is 2. The van der Waals surface area contributed by atoms with Gasteiger partial charge in [-0.05, 0) is 18.2 Å². The van der Waals surface area contributed by atoms with Crippen LogP contribution in [-0.4, -0.2) is 53.8 Å². The topological polar surface area (TPSA) is 105 Å². The van der Waals surface area contributed by atoms with E-state index >= 15 is 0 Å². The Balaban J connectivity index is 1.45. The fraction of sp³-hybridized carbons (Fsp3) is 0.333. The largest absolute Gasteiger partial charge is 0.347 e. The van der Waals surface area contributed by atoms with Crippen molar-refractivity contribution < 1.29 is 19.1 Å². The van der Waals surface area contributed by atoms with Crippen molar-refractivity contribution in [3.05, 3.63) is 59.4 Å². The molecule has 1 aromatic heterocycles. The van der Waals surface area contributed by atoms with E-state index < -0.39 is 11.7 Å². The van der Waals surface area contributed by atoms with Crippen LogP contribution in [0.5, 0.6) is 0 Å². The molecule has 0 unspecified atom stereocenters. The minimum Gasteiger partial charge on any atom is -0.347 e. The summed E-state index contributed by atoms with van der Waals surface area (Å²) in [5.74, 6) is -1.16. The second-order valence-electron chi connectivity index (χ2n) is 6.97. The van der Waals surface area contributed by atoms with Gasteiger partial charge in [0, 0.05) is 38.3 Å². The molecular formula is C21H20N4O4. The Kier molecular flexibility index (Phi) is 5.25. The number of para-hydroxylation sites is 1. The van der Waals surface area contributed by atoms with Crippen molar-refractivity contribution in [3.8, 4) is 6.07 Å². The van der Waals surface area contributed by atoms with E-state index in [2.05, 4.69) is 10.3 Å². The molecule has 0 saturated carbocycles. The number of hydrogen-bond donors (Lipinski definition) is 1. The second kappa shape index (κ2) is 7.99. The molecule has 2 amide bonds. The third-order valence-electron chi connectivity index (χ3n) is 5.17. The Hall–Kier alpha value is -3.28. The summed E-state index contributed by atoms with van der Waals surface area (Å²) in [6, 6.07) is 10.3. The molecule has 2 aliphatic heterocycles. The Labute approximate surface area is 168 Å². The molecule has 29 heavy (non-hydrogen) atoms. The van der Waals surface area contributed by atoms with Crippen molar-refractivity contribution in [1.82, 2.24) is 9.88 Å². The predicted octanol–water partition coefficient (Wildman–Crippen LogP) is 2.18. The van der Waals surface area contributed by atoms with Gasteiger partial charge < -0.3 is 19.7 Å². The van der Waals surface area contributed by atoms with Crippen LogP contribution in [0.25, 0.3) is 0 Å². The van der Waals surface area contributed by atoms with Gasteiger partial charge in [-0.1, -0.05) is 12.1 Å². The van der Waals surface area contributed by atoms with Gasteiger partial charge in [-0.25, -0.2) is 0 Å². The maximum absolute atomic E-state index is 12.9. The zero-order valence-corrected chi connectivity index (χ0v) is 15.8. The molecule has 0 radical (unpaired) electrons. The number of carbonyl (C=O) groups is 2. The summed E-state index contributed by atoms with van der Waals surface area (Å²) in [6.45, 7) is 2.21. The number of likely N-dealkylation sites (tertiary alicyclic amines) is 1. The lowest BCUT2D eigenvalue weighted by atomic mass is 10.0. The molecule has 148 valence electrons. The number of hydrogen-bond acceptors (Lipinski definition) is 6. The summed E-state index contributed by atoms with van der Waals surface area (Å²) in [4.78, 5) is 31.2. The third kappa shape index (κ3) is 3.97.